The molecule has 88 valence electrons. The molecule has 0 fully saturated rings. The van der Waals surface area contributed by atoms with Gasteiger partial charge in [0, 0.05) is 5.56 Å². The van der Waals surface area contributed by atoms with Crippen molar-refractivity contribution in [2.45, 2.75) is 11.8 Å². The predicted octanol–water partition coefficient (Wildman–Crippen LogP) is 2.91. The minimum atomic E-state index is -4.20. The summed E-state index contributed by atoms with van der Waals surface area (Å²) < 4.78 is 31.8. The van der Waals surface area contributed by atoms with E-state index in [2.05, 4.69) is 0 Å². The normalized spacial score (nSPS) is 11.4. The third-order valence-corrected chi connectivity index (χ3v) is 3.41. The molecule has 0 aliphatic rings. The molecule has 4 heteroatoms. The zero-order valence-electron chi connectivity index (χ0n) is 9.29. The molecule has 0 spiro atoms. The van der Waals surface area contributed by atoms with Crippen LogP contribution in [0.4, 0.5) is 0 Å². The monoisotopic (exact) mass is 248 g/mol. The number of hydrogen-bond donors (Lipinski definition) is 1. The van der Waals surface area contributed by atoms with Crippen LogP contribution in [-0.4, -0.2) is 13.0 Å². The summed E-state index contributed by atoms with van der Waals surface area (Å²) >= 11 is 0. The van der Waals surface area contributed by atoms with Crippen molar-refractivity contribution in [1.82, 2.24) is 0 Å². The third kappa shape index (κ3) is 2.54. The van der Waals surface area contributed by atoms with Gasteiger partial charge >= 0.3 is 0 Å². The Morgan fingerprint density at radius 2 is 1.65 bits per heavy atom. The van der Waals surface area contributed by atoms with E-state index in [4.69, 9.17) is 0 Å². The first-order valence-corrected chi connectivity index (χ1v) is 6.56. The van der Waals surface area contributed by atoms with E-state index in [9.17, 15) is 13.0 Å². The van der Waals surface area contributed by atoms with E-state index in [0.717, 1.165) is 11.1 Å². The van der Waals surface area contributed by atoms with Crippen LogP contribution in [0.3, 0.4) is 0 Å². The Balaban J connectivity index is 2.72. The van der Waals surface area contributed by atoms with Gasteiger partial charge in [-0.25, -0.2) is 0 Å². The van der Waals surface area contributed by atoms with Gasteiger partial charge in [-0.15, -0.1) is 0 Å². The van der Waals surface area contributed by atoms with E-state index >= 15 is 0 Å². The summed E-state index contributed by atoms with van der Waals surface area (Å²) in [5.41, 5.74) is 2.23. The highest BCUT2D eigenvalue weighted by Gasteiger charge is 2.16. The first-order valence-electron chi connectivity index (χ1n) is 5.12. The summed E-state index contributed by atoms with van der Waals surface area (Å²) in [6.45, 7) is 1.88. The second kappa shape index (κ2) is 4.31. The molecular formula is C13H12O3S. The van der Waals surface area contributed by atoms with Gasteiger partial charge in [0.25, 0.3) is 10.1 Å². The lowest BCUT2D eigenvalue weighted by atomic mass is 10.0. The van der Waals surface area contributed by atoms with Gasteiger partial charge < -0.3 is 0 Å². The maximum absolute atomic E-state index is 11.3. The molecule has 1 N–H and O–H groups in total. The van der Waals surface area contributed by atoms with Crippen LogP contribution in [0.1, 0.15) is 5.56 Å². The number of hydrogen-bond acceptors (Lipinski definition) is 2. The van der Waals surface area contributed by atoms with E-state index in [0.29, 0.717) is 5.56 Å². The van der Waals surface area contributed by atoms with Crippen LogP contribution < -0.4 is 0 Å². The summed E-state index contributed by atoms with van der Waals surface area (Å²) in [6, 6.07) is 14.0. The maximum Gasteiger partial charge on any atom is 0.295 e. The summed E-state index contributed by atoms with van der Waals surface area (Å²) in [7, 11) is -4.20. The Labute approximate surface area is 100 Å². The molecule has 17 heavy (non-hydrogen) atoms. The second-order valence-corrected chi connectivity index (χ2v) is 5.23. The van der Waals surface area contributed by atoms with E-state index in [1.807, 2.05) is 37.3 Å². The van der Waals surface area contributed by atoms with Gasteiger partial charge in [0.15, 0.2) is 0 Å². The van der Waals surface area contributed by atoms with Crippen LogP contribution >= 0.6 is 0 Å². The molecule has 0 radical (unpaired) electrons. The standard InChI is InChI=1S/C13H12O3S/c1-10-7-8-13(17(14,15)16)12(9-10)11-5-3-2-4-6-11/h2-9H,1H3,(H,14,15,16). The van der Waals surface area contributed by atoms with Crippen molar-refractivity contribution in [1.29, 1.82) is 0 Å². The van der Waals surface area contributed by atoms with Crippen molar-refractivity contribution in [3.63, 3.8) is 0 Å². The van der Waals surface area contributed by atoms with Crippen molar-refractivity contribution < 1.29 is 13.0 Å². The van der Waals surface area contributed by atoms with Crippen LogP contribution in [0, 0.1) is 6.92 Å². The predicted molar refractivity (Wildman–Crippen MR) is 66.4 cm³/mol. The van der Waals surface area contributed by atoms with Crippen LogP contribution in [0.15, 0.2) is 53.4 Å². The average Bonchev–Trinajstić information content (AvgIpc) is 2.28. The van der Waals surface area contributed by atoms with Crippen molar-refractivity contribution in [3.05, 3.63) is 54.1 Å². The van der Waals surface area contributed by atoms with Gasteiger partial charge in [-0.1, -0.05) is 48.0 Å². The highest BCUT2D eigenvalue weighted by atomic mass is 32.2. The third-order valence-electron chi connectivity index (χ3n) is 2.50. The van der Waals surface area contributed by atoms with E-state index in [1.54, 1.807) is 12.1 Å². The molecule has 2 aromatic carbocycles. The van der Waals surface area contributed by atoms with Crippen molar-refractivity contribution in [2.75, 3.05) is 0 Å². The Morgan fingerprint density at radius 3 is 2.24 bits per heavy atom. The summed E-state index contributed by atoms with van der Waals surface area (Å²) in [6.07, 6.45) is 0. The molecule has 0 aliphatic carbocycles. The van der Waals surface area contributed by atoms with Gasteiger partial charge in [0.1, 0.15) is 4.90 Å². The summed E-state index contributed by atoms with van der Waals surface area (Å²) in [5.74, 6) is 0. The molecule has 0 aromatic heterocycles. The molecule has 0 aliphatic heterocycles. The Morgan fingerprint density at radius 1 is 1.00 bits per heavy atom. The average molecular weight is 248 g/mol. The van der Waals surface area contributed by atoms with Crippen molar-refractivity contribution in [2.24, 2.45) is 0 Å². The molecule has 2 aromatic rings. The fourth-order valence-corrected chi connectivity index (χ4v) is 2.41. The summed E-state index contributed by atoms with van der Waals surface area (Å²) in [4.78, 5) is -0.0608. The minimum Gasteiger partial charge on any atom is -0.282 e. The summed E-state index contributed by atoms with van der Waals surface area (Å²) in [5, 5.41) is 0. The number of rotatable bonds is 2. The second-order valence-electron chi connectivity index (χ2n) is 3.84. The molecule has 0 bridgehead atoms. The smallest absolute Gasteiger partial charge is 0.282 e. The molecule has 3 nitrogen and oxygen atoms in total. The lowest BCUT2D eigenvalue weighted by molar-refractivity contribution is 0.483. The molecule has 0 saturated carbocycles. The fourth-order valence-electron chi connectivity index (χ4n) is 1.71. The molecule has 0 amide bonds. The van der Waals surface area contributed by atoms with Gasteiger partial charge in [0.05, 0.1) is 0 Å². The zero-order chi connectivity index (χ0) is 12.5. The van der Waals surface area contributed by atoms with Crippen LogP contribution in [0.5, 0.6) is 0 Å². The Hall–Kier alpha value is -1.65. The highest BCUT2D eigenvalue weighted by Crippen LogP contribution is 2.27. The van der Waals surface area contributed by atoms with Gasteiger partial charge in [-0.2, -0.15) is 8.42 Å². The topological polar surface area (TPSA) is 54.4 Å². The molecule has 0 heterocycles. The zero-order valence-corrected chi connectivity index (χ0v) is 10.1. The quantitative estimate of drug-likeness (QED) is 0.831. The SMILES string of the molecule is Cc1ccc(S(=O)(=O)O)c(-c2ccccc2)c1. The number of benzene rings is 2. The minimum absolute atomic E-state index is 0.0608. The number of aryl methyl sites for hydroxylation is 1. The van der Waals surface area contributed by atoms with Crippen LogP contribution in [0.25, 0.3) is 11.1 Å². The van der Waals surface area contributed by atoms with Gasteiger partial charge in [-0.05, 0) is 18.6 Å². The highest BCUT2D eigenvalue weighted by molar-refractivity contribution is 7.86. The molecular weight excluding hydrogens is 236 g/mol. The Bertz CT molecular complexity index is 631. The van der Waals surface area contributed by atoms with Crippen LogP contribution in [0.2, 0.25) is 0 Å². The Kier molecular flexibility index (Phi) is 3.00. The first-order chi connectivity index (χ1) is 7.98. The maximum atomic E-state index is 11.3. The van der Waals surface area contributed by atoms with E-state index in [-0.39, 0.29) is 4.90 Å². The molecule has 2 rings (SSSR count). The lowest BCUT2D eigenvalue weighted by Gasteiger charge is -2.08. The van der Waals surface area contributed by atoms with E-state index in [1.165, 1.54) is 6.07 Å². The van der Waals surface area contributed by atoms with Gasteiger partial charge in [0.2, 0.25) is 0 Å². The van der Waals surface area contributed by atoms with Crippen LogP contribution in [-0.2, 0) is 10.1 Å². The molecule has 0 saturated heterocycles. The first kappa shape index (κ1) is 11.8. The largest absolute Gasteiger partial charge is 0.295 e. The molecule has 0 unspecified atom stereocenters. The van der Waals surface area contributed by atoms with Crippen molar-refractivity contribution >= 4 is 10.1 Å². The molecule has 0 atom stereocenters. The van der Waals surface area contributed by atoms with Gasteiger partial charge in [-0.3, -0.25) is 4.55 Å². The fraction of sp³-hybridized carbons (Fsp3) is 0.0769. The van der Waals surface area contributed by atoms with E-state index < -0.39 is 10.1 Å². The lowest BCUT2D eigenvalue weighted by Crippen LogP contribution is -2.01. The van der Waals surface area contributed by atoms with Crippen molar-refractivity contribution in [3.8, 4) is 11.1 Å².